The number of hydrogen-bond acceptors (Lipinski definition) is 1. The number of allylic oxidation sites excluding steroid dienone is 1. The van der Waals surface area contributed by atoms with Gasteiger partial charge < -0.3 is 4.74 Å². The fraction of sp³-hybridized carbons (Fsp3) is 0.867. The Labute approximate surface area is 101 Å². The molecule has 0 amide bonds. The van der Waals surface area contributed by atoms with Crippen molar-refractivity contribution in [2.75, 3.05) is 0 Å². The first-order valence-electron chi connectivity index (χ1n) is 6.74. The maximum Gasteiger partial charge on any atom is 0.0758 e. The van der Waals surface area contributed by atoms with Gasteiger partial charge in [-0.1, -0.05) is 33.8 Å². The molecule has 1 nitrogen and oxygen atoms in total. The molecule has 1 aliphatic carbocycles. The lowest BCUT2D eigenvalue weighted by atomic mass is 10.1. The lowest BCUT2D eigenvalue weighted by molar-refractivity contribution is 0.0642. The van der Waals surface area contributed by atoms with Crippen LogP contribution in [0, 0.1) is 17.8 Å². The smallest absolute Gasteiger partial charge is 0.0758 e. The summed E-state index contributed by atoms with van der Waals surface area (Å²) in [5, 5.41) is 0. The Kier molecular flexibility index (Phi) is 5.04. The van der Waals surface area contributed by atoms with E-state index in [4.69, 9.17) is 4.74 Å². The molecule has 3 unspecified atom stereocenters. The first-order chi connectivity index (χ1) is 7.40. The van der Waals surface area contributed by atoms with E-state index in [1.54, 1.807) is 0 Å². The van der Waals surface area contributed by atoms with Crippen molar-refractivity contribution in [3.63, 3.8) is 0 Å². The Morgan fingerprint density at radius 1 is 1.25 bits per heavy atom. The first kappa shape index (κ1) is 13.8. The Hall–Kier alpha value is -0.300. The maximum absolute atomic E-state index is 6.07. The van der Waals surface area contributed by atoms with Gasteiger partial charge in [0.15, 0.2) is 0 Å². The molecule has 1 aliphatic rings. The van der Waals surface area contributed by atoms with Crippen molar-refractivity contribution in [1.82, 2.24) is 0 Å². The summed E-state index contributed by atoms with van der Waals surface area (Å²) < 4.78 is 6.07. The molecule has 0 aromatic heterocycles. The molecule has 0 saturated heterocycles. The van der Waals surface area contributed by atoms with Gasteiger partial charge >= 0.3 is 0 Å². The molecule has 0 radical (unpaired) electrons. The molecule has 16 heavy (non-hydrogen) atoms. The van der Waals surface area contributed by atoms with Gasteiger partial charge in [0.2, 0.25) is 0 Å². The molecular formula is C15H28O. The van der Waals surface area contributed by atoms with Gasteiger partial charge in [-0.25, -0.2) is 0 Å². The number of rotatable bonds is 6. The van der Waals surface area contributed by atoms with Crippen molar-refractivity contribution >= 4 is 0 Å². The summed E-state index contributed by atoms with van der Waals surface area (Å²) in [7, 11) is 0. The van der Waals surface area contributed by atoms with Gasteiger partial charge in [-0.05, 0) is 50.0 Å². The molecule has 0 bridgehead atoms. The summed E-state index contributed by atoms with van der Waals surface area (Å²) >= 11 is 0. The summed E-state index contributed by atoms with van der Waals surface area (Å²) in [6.07, 6.45) is 5.74. The van der Waals surface area contributed by atoms with Crippen LogP contribution in [-0.4, -0.2) is 12.2 Å². The molecule has 3 atom stereocenters. The average molecular weight is 224 g/mol. The highest BCUT2D eigenvalue weighted by atomic mass is 16.5. The van der Waals surface area contributed by atoms with Crippen molar-refractivity contribution < 1.29 is 4.74 Å². The van der Waals surface area contributed by atoms with E-state index in [2.05, 4.69) is 47.6 Å². The van der Waals surface area contributed by atoms with Gasteiger partial charge in [0.25, 0.3) is 0 Å². The minimum absolute atomic E-state index is 0.296. The zero-order valence-corrected chi connectivity index (χ0v) is 11.8. The lowest BCUT2D eigenvalue weighted by Gasteiger charge is -2.15. The average Bonchev–Trinajstić information content (AvgIpc) is 2.80. The van der Waals surface area contributed by atoms with Gasteiger partial charge in [0.05, 0.1) is 12.2 Å². The third-order valence-electron chi connectivity index (χ3n) is 3.25. The van der Waals surface area contributed by atoms with Crippen LogP contribution in [0.1, 0.15) is 54.4 Å². The summed E-state index contributed by atoms with van der Waals surface area (Å²) in [6, 6.07) is 0. The summed E-state index contributed by atoms with van der Waals surface area (Å²) in [5.41, 5.74) is 1.38. The third kappa shape index (κ3) is 4.69. The molecule has 1 fully saturated rings. The van der Waals surface area contributed by atoms with Crippen LogP contribution in [0.4, 0.5) is 0 Å². The van der Waals surface area contributed by atoms with E-state index < -0.39 is 0 Å². The normalized spacial score (nSPS) is 27.6. The second kappa shape index (κ2) is 5.86. The highest BCUT2D eigenvalue weighted by molar-refractivity contribution is 5.06. The Bertz CT molecular complexity index is 240. The largest absolute Gasteiger partial charge is 0.371 e. The van der Waals surface area contributed by atoms with E-state index in [9.17, 15) is 0 Å². The minimum atomic E-state index is 0.296. The van der Waals surface area contributed by atoms with Crippen LogP contribution in [0.2, 0.25) is 0 Å². The Morgan fingerprint density at radius 3 is 2.38 bits per heavy atom. The fourth-order valence-electron chi connectivity index (χ4n) is 2.27. The zero-order valence-electron chi connectivity index (χ0n) is 11.8. The van der Waals surface area contributed by atoms with Crippen LogP contribution >= 0.6 is 0 Å². The van der Waals surface area contributed by atoms with Crippen molar-refractivity contribution in [1.29, 1.82) is 0 Å². The highest BCUT2D eigenvalue weighted by Crippen LogP contribution is 2.40. The molecule has 1 heteroatoms. The summed E-state index contributed by atoms with van der Waals surface area (Å²) in [4.78, 5) is 0. The standard InChI is InChI=1S/C15H28O/c1-10(2)7-12(5)13(6)16-15-9-14(15)8-11(3)4/h7,10-11,13-15H,8-9H2,1-6H3. The lowest BCUT2D eigenvalue weighted by Crippen LogP contribution is -2.13. The van der Waals surface area contributed by atoms with E-state index >= 15 is 0 Å². The van der Waals surface area contributed by atoms with Crippen molar-refractivity contribution in [3.8, 4) is 0 Å². The maximum atomic E-state index is 6.07. The minimum Gasteiger partial charge on any atom is -0.371 e. The monoisotopic (exact) mass is 224 g/mol. The van der Waals surface area contributed by atoms with Crippen LogP contribution in [0.25, 0.3) is 0 Å². The molecule has 0 heterocycles. The molecule has 1 saturated carbocycles. The molecule has 0 aliphatic heterocycles. The summed E-state index contributed by atoms with van der Waals surface area (Å²) in [5.74, 6) is 2.26. The van der Waals surface area contributed by atoms with E-state index in [1.807, 2.05) is 0 Å². The topological polar surface area (TPSA) is 9.23 Å². The Morgan fingerprint density at radius 2 is 1.88 bits per heavy atom. The molecular weight excluding hydrogens is 196 g/mol. The van der Waals surface area contributed by atoms with Crippen LogP contribution in [-0.2, 0) is 4.74 Å². The van der Waals surface area contributed by atoms with Gasteiger partial charge in [0.1, 0.15) is 0 Å². The van der Waals surface area contributed by atoms with Crippen molar-refractivity contribution in [2.24, 2.45) is 17.8 Å². The van der Waals surface area contributed by atoms with Crippen LogP contribution in [0.3, 0.4) is 0 Å². The van der Waals surface area contributed by atoms with Gasteiger partial charge in [-0.2, -0.15) is 0 Å². The molecule has 0 spiro atoms. The van der Waals surface area contributed by atoms with E-state index in [0.717, 1.165) is 11.8 Å². The van der Waals surface area contributed by atoms with Gasteiger partial charge in [-0.15, -0.1) is 0 Å². The van der Waals surface area contributed by atoms with Gasteiger partial charge in [0, 0.05) is 0 Å². The fourth-order valence-corrected chi connectivity index (χ4v) is 2.27. The van der Waals surface area contributed by atoms with Crippen LogP contribution in [0.15, 0.2) is 11.6 Å². The van der Waals surface area contributed by atoms with Crippen LogP contribution in [0.5, 0.6) is 0 Å². The predicted octanol–water partition coefficient (Wildman–Crippen LogP) is 4.43. The predicted molar refractivity (Wildman–Crippen MR) is 70.5 cm³/mol. The molecule has 94 valence electrons. The summed E-state index contributed by atoms with van der Waals surface area (Å²) in [6.45, 7) is 13.4. The second-order valence-corrected chi connectivity index (χ2v) is 6.10. The SMILES string of the molecule is CC(=CC(C)C)C(C)OC1CC1CC(C)C. The number of ether oxygens (including phenoxy) is 1. The van der Waals surface area contributed by atoms with E-state index in [1.165, 1.54) is 18.4 Å². The van der Waals surface area contributed by atoms with Crippen LogP contribution < -0.4 is 0 Å². The van der Waals surface area contributed by atoms with Crippen molar-refractivity contribution in [3.05, 3.63) is 11.6 Å². The third-order valence-corrected chi connectivity index (χ3v) is 3.25. The molecule has 0 aromatic carbocycles. The zero-order chi connectivity index (χ0) is 12.3. The highest BCUT2D eigenvalue weighted by Gasteiger charge is 2.39. The quantitative estimate of drug-likeness (QED) is 0.606. The number of hydrogen-bond donors (Lipinski definition) is 0. The van der Waals surface area contributed by atoms with E-state index in [-0.39, 0.29) is 0 Å². The Balaban J connectivity index is 2.29. The van der Waals surface area contributed by atoms with E-state index in [0.29, 0.717) is 18.1 Å². The molecule has 0 aromatic rings. The first-order valence-corrected chi connectivity index (χ1v) is 6.74. The van der Waals surface area contributed by atoms with Crippen molar-refractivity contribution in [2.45, 2.75) is 66.6 Å². The van der Waals surface area contributed by atoms with Gasteiger partial charge in [-0.3, -0.25) is 0 Å². The molecule has 0 N–H and O–H groups in total. The molecule has 1 rings (SSSR count). The second-order valence-electron chi connectivity index (χ2n) is 6.10.